The van der Waals surface area contributed by atoms with E-state index in [9.17, 15) is 4.79 Å². The molecular weight excluding hydrogens is 337 g/mol. The van der Waals surface area contributed by atoms with Gasteiger partial charge in [-0.3, -0.25) is 4.79 Å². The fraction of sp³-hybridized carbons (Fsp3) is 0.562. The van der Waals surface area contributed by atoms with Crippen LogP contribution in [0.25, 0.3) is 0 Å². The second-order valence-electron chi connectivity index (χ2n) is 5.10. The molecule has 0 aliphatic carbocycles. The number of ether oxygens (including phenoxy) is 1. The van der Waals surface area contributed by atoms with Crippen molar-refractivity contribution in [2.45, 2.75) is 20.0 Å². The molecule has 2 N–H and O–H groups in total. The molecule has 5 nitrogen and oxygen atoms in total. The summed E-state index contributed by atoms with van der Waals surface area (Å²) >= 11 is 0. The first-order valence-corrected chi connectivity index (χ1v) is 7.38. The molecule has 23 heavy (non-hydrogen) atoms. The zero-order valence-corrected chi connectivity index (χ0v) is 15.8. The van der Waals surface area contributed by atoms with E-state index in [1.165, 1.54) is 5.56 Å². The Morgan fingerprint density at radius 2 is 1.96 bits per heavy atom. The monoisotopic (exact) mass is 365 g/mol. The Morgan fingerprint density at radius 3 is 2.61 bits per heavy atom. The number of carbonyl (C=O) groups is 1. The number of methoxy groups -OCH3 is 1. The molecule has 0 fully saturated rings. The highest BCUT2D eigenvalue weighted by atomic mass is 35.5. The van der Waals surface area contributed by atoms with Gasteiger partial charge in [-0.1, -0.05) is 31.2 Å². The summed E-state index contributed by atoms with van der Waals surface area (Å²) in [7, 11) is 3.74. The van der Waals surface area contributed by atoms with E-state index in [-0.39, 0.29) is 30.7 Å². The third kappa shape index (κ3) is 11.3. The SMILES string of the molecule is CCN(C)Cc1cccc(CNC(=O)CNCCOC)c1.Cl.Cl. The molecule has 0 spiro atoms. The lowest BCUT2D eigenvalue weighted by molar-refractivity contribution is -0.120. The zero-order valence-electron chi connectivity index (χ0n) is 14.1. The van der Waals surface area contributed by atoms with Crippen molar-refractivity contribution in [3.8, 4) is 0 Å². The molecule has 1 aromatic carbocycles. The third-order valence-corrected chi connectivity index (χ3v) is 3.24. The van der Waals surface area contributed by atoms with Gasteiger partial charge in [-0.2, -0.15) is 0 Å². The average Bonchev–Trinajstić information content (AvgIpc) is 2.50. The summed E-state index contributed by atoms with van der Waals surface area (Å²) in [5.74, 6) is 0.00202. The molecule has 0 saturated heterocycles. The van der Waals surface area contributed by atoms with Crippen LogP contribution in [0, 0.1) is 0 Å². The molecule has 0 radical (unpaired) electrons. The van der Waals surface area contributed by atoms with E-state index in [0.717, 1.165) is 18.7 Å². The van der Waals surface area contributed by atoms with Crippen LogP contribution in [-0.4, -0.2) is 51.2 Å². The molecule has 0 aliphatic heterocycles. The summed E-state index contributed by atoms with van der Waals surface area (Å²) < 4.78 is 4.91. The van der Waals surface area contributed by atoms with Crippen LogP contribution >= 0.6 is 24.8 Å². The van der Waals surface area contributed by atoms with Crippen LogP contribution in [0.3, 0.4) is 0 Å². The van der Waals surface area contributed by atoms with Crippen molar-refractivity contribution in [3.63, 3.8) is 0 Å². The fourth-order valence-corrected chi connectivity index (χ4v) is 1.90. The maximum atomic E-state index is 11.7. The second kappa shape index (κ2) is 14.7. The van der Waals surface area contributed by atoms with Crippen molar-refractivity contribution in [3.05, 3.63) is 35.4 Å². The minimum Gasteiger partial charge on any atom is -0.383 e. The van der Waals surface area contributed by atoms with Crippen LogP contribution in [0.2, 0.25) is 0 Å². The van der Waals surface area contributed by atoms with E-state index in [4.69, 9.17) is 4.74 Å². The maximum Gasteiger partial charge on any atom is 0.234 e. The Labute approximate surface area is 152 Å². The van der Waals surface area contributed by atoms with E-state index in [1.54, 1.807) is 7.11 Å². The van der Waals surface area contributed by atoms with Gasteiger partial charge in [0.25, 0.3) is 0 Å². The van der Waals surface area contributed by atoms with Gasteiger partial charge in [0.05, 0.1) is 13.2 Å². The summed E-state index contributed by atoms with van der Waals surface area (Å²) in [6.07, 6.45) is 0. The normalized spacial score (nSPS) is 9.91. The number of benzene rings is 1. The number of rotatable bonds is 10. The van der Waals surface area contributed by atoms with Gasteiger partial charge in [-0.25, -0.2) is 0 Å². The first-order chi connectivity index (χ1) is 10.2. The molecule has 0 atom stereocenters. The van der Waals surface area contributed by atoms with Crippen LogP contribution in [0.1, 0.15) is 18.1 Å². The summed E-state index contributed by atoms with van der Waals surface area (Å²) in [6, 6.07) is 8.33. The van der Waals surface area contributed by atoms with Crippen LogP contribution < -0.4 is 10.6 Å². The van der Waals surface area contributed by atoms with E-state index < -0.39 is 0 Å². The molecule has 134 valence electrons. The topological polar surface area (TPSA) is 53.6 Å². The smallest absolute Gasteiger partial charge is 0.234 e. The molecule has 0 aromatic heterocycles. The molecule has 1 amide bonds. The Hall–Kier alpha value is -0.850. The van der Waals surface area contributed by atoms with E-state index in [1.807, 2.05) is 12.1 Å². The molecule has 0 saturated carbocycles. The largest absolute Gasteiger partial charge is 0.383 e. The van der Waals surface area contributed by atoms with Gasteiger partial charge in [-0.05, 0) is 24.7 Å². The number of halogens is 2. The van der Waals surface area contributed by atoms with Crippen molar-refractivity contribution in [2.24, 2.45) is 0 Å². The Morgan fingerprint density at radius 1 is 1.26 bits per heavy atom. The number of hydrogen-bond acceptors (Lipinski definition) is 4. The fourth-order valence-electron chi connectivity index (χ4n) is 1.90. The molecule has 0 bridgehead atoms. The van der Waals surface area contributed by atoms with Gasteiger partial charge in [-0.15, -0.1) is 24.8 Å². The molecule has 0 aliphatic rings. The standard InChI is InChI=1S/C16H27N3O2.2ClH/c1-4-19(2)13-15-7-5-6-14(10-15)11-18-16(20)12-17-8-9-21-3;;/h5-7,10,17H,4,8-9,11-13H2,1-3H3,(H,18,20);2*1H. The van der Waals surface area contributed by atoms with Gasteiger partial charge < -0.3 is 20.3 Å². The van der Waals surface area contributed by atoms with Crippen molar-refractivity contribution in [1.82, 2.24) is 15.5 Å². The first kappa shape index (κ1) is 24.4. The quantitative estimate of drug-likeness (QED) is 0.621. The molecule has 1 rings (SSSR count). The predicted octanol–water partition coefficient (Wildman–Crippen LogP) is 1.83. The highest BCUT2D eigenvalue weighted by Gasteiger charge is 2.02. The minimum absolute atomic E-state index is 0. The van der Waals surface area contributed by atoms with E-state index >= 15 is 0 Å². The summed E-state index contributed by atoms with van der Waals surface area (Å²) in [6.45, 7) is 6.27. The van der Waals surface area contributed by atoms with Crippen molar-refractivity contribution in [1.29, 1.82) is 0 Å². The number of amides is 1. The van der Waals surface area contributed by atoms with E-state index in [0.29, 0.717) is 26.2 Å². The molecule has 0 unspecified atom stereocenters. The van der Waals surface area contributed by atoms with Crippen molar-refractivity contribution < 1.29 is 9.53 Å². The van der Waals surface area contributed by atoms with Gasteiger partial charge in [0.15, 0.2) is 0 Å². The highest BCUT2D eigenvalue weighted by Crippen LogP contribution is 2.07. The lowest BCUT2D eigenvalue weighted by atomic mass is 10.1. The summed E-state index contributed by atoms with van der Waals surface area (Å²) in [5, 5.41) is 5.94. The van der Waals surface area contributed by atoms with Crippen LogP contribution in [0.5, 0.6) is 0 Å². The average molecular weight is 366 g/mol. The van der Waals surface area contributed by atoms with Gasteiger partial charge in [0.1, 0.15) is 0 Å². The highest BCUT2D eigenvalue weighted by molar-refractivity contribution is 5.85. The number of nitrogens with one attached hydrogen (secondary N) is 2. The van der Waals surface area contributed by atoms with Crippen molar-refractivity contribution in [2.75, 3.05) is 40.4 Å². The molecule has 0 heterocycles. The Bertz CT molecular complexity index is 434. The second-order valence-corrected chi connectivity index (χ2v) is 5.10. The van der Waals surface area contributed by atoms with Crippen LogP contribution in [0.4, 0.5) is 0 Å². The summed E-state index contributed by atoms with van der Waals surface area (Å²) in [5.41, 5.74) is 2.39. The number of nitrogens with zero attached hydrogens (tertiary/aromatic N) is 1. The third-order valence-electron chi connectivity index (χ3n) is 3.24. The van der Waals surface area contributed by atoms with Crippen LogP contribution in [-0.2, 0) is 22.6 Å². The maximum absolute atomic E-state index is 11.7. The van der Waals surface area contributed by atoms with Gasteiger partial charge in [0.2, 0.25) is 5.91 Å². The lowest BCUT2D eigenvalue weighted by Gasteiger charge is -2.14. The Balaban J connectivity index is 0. The molecule has 1 aromatic rings. The van der Waals surface area contributed by atoms with Crippen LogP contribution in [0.15, 0.2) is 24.3 Å². The minimum atomic E-state index is 0. The summed E-state index contributed by atoms with van der Waals surface area (Å²) in [4.78, 5) is 13.9. The number of carbonyl (C=O) groups excluding carboxylic acids is 1. The number of hydrogen-bond donors (Lipinski definition) is 2. The lowest BCUT2D eigenvalue weighted by Crippen LogP contribution is -2.34. The molecule has 7 heteroatoms. The zero-order chi connectivity index (χ0) is 15.5. The molecular formula is C16H29Cl2N3O2. The Kier molecular flexibility index (Phi) is 15.6. The van der Waals surface area contributed by atoms with Gasteiger partial charge >= 0.3 is 0 Å². The van der Waals surface area contributed by atoms with Crippen molar-refractivity contribution >= 4 is 30.7 Å². The van der Waals surface area contributed by atoms with E-state index in [2.05, 4.69) is 41.6 Å². The predicted molar refractivity (Wildman–Crippen MR) is 99.5 cm³/mol. The first-order valence-electron chi connectivity index (χ1n) is 7.38. The van der Waals surface area contributed by atoms with Gasteiger partial charge in [0, 0.05) is 26.7 Å².